The highest BCUT2D eigenvalue weighted by atomic mass is 16.1. The van der Waals surface area contributed by atoms with Crippen molar-refractivity contribution in [3.63, 3.8) is 0 Å². The summed E-state index contributed by atoms with van der Waals surface area (Å²) in [6.45, 7) is 3.73. The first-order valence-corrected chi connectivity index (χ1v) is 6.53. The molecule has 0 aromatic heterocycles. The van der Waals surface area contributed by atoms with Crippen LogP contribution in [0.1, 0.15) is 15.9 Å². The van der Waals surface area contributed by atoms with Crippen LogP contribution in [-0.2, 0) is 6.42 Å². The maximum atomic E-state index is 12.4. The van der Waals surface area contributed by atoms with Gasteiger partial charge in [0.1, 0.15) is 0 Å². The van der Waals surface area contributed by atoms with E-state index >= 15 is 0 Å². The predicted octanol–water partition coefficient (Wildman–Crippen LogP) is 3.71. The molecule has 3 heteroatoms. The van der Waals surface area contributed by atoms with Crippen molar-refractivity contribution in [2.24, 2.45) is 0 Å². The van der Waals surface area contributed by atoms with Gasteiger partial charge in [0.05, 0.1) is 11.4 Å². The summed E-state index contributed by atoms with van der Waals surface area (Å²) >= 11 is 0. The van der Waals surface area contributed by atoms with Crippen molar-refractivity contribution < 1.29 is 4.79 Å². The molecule has 0 saturated carbocycles. The van der Waals surface area contributed by atoms with Gasteiger partial charge >= 0.3 is 0 Å². The summed E-state index contributed by atoms with van der Waals surface area (Å²) in [7, 11) is 1.83. The quantitative estimate of drug-likeness (QED) is 0.810. The molecule has 0 radical (unpaired) electrons. The first-order chi connectivity index (χ1) is 9.76. The monoisotopic (exact) mass is 266 g/mol. The van der Waals surface area contributed by atoms with Gasteiger partial charge in [0.25, 0.3) is 5.91 Å². The summed E-state index contributed by atoms with van der Waals surface area (Å²) < 4.78 is 0. The molecule has 20 heavy (non-hydrogen) atoms. The van der Waals surface area contributed by atoms with Gasteiger partial charge in [-0.05, 0) is 30.2 Å². The summed E-state index contributed by atoms with van der Waals surface area (Å²) in [5.74, 6) is -0.106. The third-order valence-corrected chi connectivity index (χ3v) is 3.07. The van der Waals surface area contributed by atoms with Crippen LogP contribution in [0, 0.1) is 0 Å². The second-order valence-electron chi connectivity index (χ2n) is 4.40. The molecular weight excluding hydrogens is 248 g/mol. The molecule has 0 atom stereocenters. The lowest BCUT2D eigenvalue weighted by molar-refractivity contribution is 0.102. The second kappa shape index (κ2) is 6.57. The molecule has 0 aliphatic heterocycles. The second-order valence-corrected chi connectivity index (χ2v) is 4.40. The minimum absolute atomic E-state index is 0.106. The van der Waals surface area contributed by atoms with Crippen LogP contribution in [-0.4, -0.2) is 13.0 Å². The molecule has 102 valence electrons. The minimum atomic E-state index is -0.106. The van der Waals surface area contributed by atoms with Gasteiger partial charge in [-0.25, -0.2) is 0 Å². The summed E-state index contributed by atoms with van der Waals surface area (Å²) in [4.78, 5) is 12.4. The van der Waals surface area contributed by atoms with Gasteiger partial charge in [-0.3, -0.25) is 4.79 Å². The van der Waals surface area contributed by atoms with Crippen LogP contribution in [0.2, 0.25) is 0 Å². The number of benzene rings is 2. The number of hydrogen-bond donors (Lipinski definition) is 2. The fourth-order valence-electron chi connectivity index (χ4n) is 2.08. The van der Waals surface area contributed by atoms with E-state index in [0.29, 0.717) is 12.0 Å². The fraction of sp³-hybridized carbons (Fsp3) is 0.118. The van der Waals surface area contributed by atoms with E-state index in [1.165, 1.54) is 0 Å². The highest BCUT2D eigenvalue weighted by Crippen LogP contribution is 2.21. The Kier molecular flexibility index (Phi) is 4.56. The van der Waals surface area contributed by atoms with Crippen molar-refractivity contribution in [2.75, 3.05) is 17.7 Å². The van der Waals surface area contributed by atoms with Crippen molar-refractivity contribution in [2.45, 2.75) is 6.42 Å². The predicted molar refractivity (Wildman–Crippen MR) is 84.3 cm³/mol. The number of nitrogens with one attached hydrogen (secondary N) is 2. The third kappa shape index (κ3) is 3.06. The third-order valence-electron chi connectivity index (χ3n) is 3.07. The lowest BCUT2D eigenvalue weighted by atomic mass is 10.0. The maximum Gasteiger partial charge on any atom is 0.256 e. The molecule has 3 nitrogen and oxygen atoms in total. The van der Waals surface area contributed by atoms with Crippen molar-refractivity contribution in [3.05, 3.63) is 72.3 Å². The van der Waals surface area contributed by atoms with Gasteiger partial charge in [-0.15, -0.1) is 6.58 Å². The van der Waals surface area contributed by atoms with Gasteiger partial charge in [-0.1, -0.05) is 36.4 Å². The highest BCUT2D eigenvalue weighted by molar-refractivity contribution is 6.06. The zero-order chi connectivity index (χ0) is 14.4. The largest absolute Gasteiger partial charge is 0.386 e. The summed E-state index contributed by atoms with van der Waals surface area (Å²) in [6.07, 6.45) is 2.48. The Hall–Kier alpha value is -2.55. The van der Waals surface area contributed by atoms with Crippen LogP contribution in [0.5, 0.6) is 0 Å². The average Bonchev–Trinajstić information content (AvgIpc) is 2.48. The number of carbonyl (C=O) groups excluding carboxylic acids is 1. The molecule has 1 amide bonds. The van der Waals surface area contributed by atoms with E-state index in [2.05, 4.69) is 17.2 Å². The summed E-state index contributed by atoms with van der Waals surface area (Å²) in [5, 5.41) is 6.00. The van der Waals surface area contributed by atoms with Crippen molar-refractivity contribution in [1.82, 2.24) is 0 Å². The molecule has 0 aliphatic rings. The highest BCUT2D eigenvalue weighted by Gasteiger charge is 2.11. The molecule has 2 rings (SSSR count). The number of allylic oxidation sites excluding steroid dienone is 1. The first kappa shape index (κ1) is 13.9. The number of rotatable bonds is 5. The van der Waals surface area contributed by atoms with Gasteiger partial charge in [0, 0.05) is 12.6 Å². The van der Waals surface area contributed by atoms with Crippen LogP contribution in [0.3, 0.4) is 0 Å². The molecular formula is C17H18N2O. The van der Waals surface area contributed by atoms with E-state index in [9.17, 15) is 4.79 Å². The lowest BCUT2D eigenvalue weighted by Gasteiger charge is -2.12. The average molecular weight is 266 g/mol. The van der Waals surface area contributed by atoms with Crippen molar-refractivity contribution >= 4 is 17.3 Å². The van der Waals surface area contributed by atoms with E-state index in [-0.39, 0.29) is 5.91 Å². The Balaban J connectivity index is 2.26. The number of anilines is 2. The van der Waals surface area contributed by atoms with Crippen LogP contribution < -0.4 is 10.6 Å². The smallest absolute Gasteiger partial charge is 0.256 e. The summed E-state index contributed by atoms with van der Waals surface area (Å²) in [6, 6.07) is 15.2. The molecule has 0 unspecified atom stereocenters. The van der Waals surface area contributed by atoms with Crippen LogP contribution in [0.25, 0.3) is 0 Å². The number of hydrogen-bond acceptors (Lipinski definition) is 2. The van der Waals surface area contributed by atoms with E-state index in [4.69, 9.17) is 0 Å². The molecule has 0 bridgehead atoms. The number of para-hydroxylation sites is 2. The molecule has 0 saturated heterocycles. The zero-order valence-electron chi connectivity index (χ0n) is 11.5. The molecule has 2 N–H and O–H groups in total. The van der Waals surface area contributed by atoms with E-state index in [1.54, 1.807) is 6.08 Å². The van der Waals surface area contributed by atoms with Crippen LogP contribution in [0.15, 0.2) is 61.2 Å². The zero-order valence-corrected chi connectivity index (χ0v) is 11.5. The van der Waals surface area contributed by atoms with Gasteiger partial charge in [0.2, 0.25) is 0 Å². The van der Waals surface area contributed by atoms with E-state index in [1.807, 2.05) is 55.6 Å². The van der Waals surface area contributed by atoms with Gasteiger partial charge < -0.3 is 10.6 Å². The maximum absolute atomic E-state index is 12.4. The molecule has 0 fully saturated rings. The van der Waals surface area contributed by atoms with Gasteiger partial charge in [0.15, 0.2) is 0 Å². The number of carbonyl (C=O) groups is 1. The SMILES string of the molecule is C=CCc1ccccc1C(=O)Nc1ccccc1NC. The van der Waals surface area contributed by atoms with Crippen molar-refractivity contribution in [1.29, 1.82) is 0 Å². The fourth-order valence-corrected chi connectivity index (χ4v) is 2.08. The Morgan fingerprint density at radius 2 is 1.75 bits per heavy atom. The Labute approximate surface area is 119 Å². The first-order valence-electron chi connectivity index (χ1n) is 6.53. The number of amides is 1. The summed E-state index contributed by atoms with van der Waals surface area (Å²) in [5.41, 5.74) is 3.32. The molecule has 0 aliphatic carbocycles. The Morgan fingerprint density at radius 3 is 2.45 bits per heavy atom. The molecule has 2 aromatic rings. The van der Waals surface area contributed by atoms with Crippen LogP contribution >= 0.6 is 0 Å². The Bertz CT molecular complexity index is 620. The standard InChI is InChI=1S/C17H18N2O/c1-3-8-13-9-4-5-10-14(13)17(20)19-16-12-7-6-11-15(16)18-2/h3-7,9-12,18H,1,8H2,2H3,(H,19,20). The van der Waals surface area contributed by atoms with E-state index < -0.39 is 0 Å². The lowest BCUT2D eigenvalue weighted by Crippen LogP contribution is -2.15. The van der Waals surface area contributed by atoms with Crippen LogP contribution in [0.4, 0.5) is 11.4 Å². The van der Waals surface area contributed by atoms with Gasteiger partial charge in [-0.2, -0.15) is 0 Å². The topological polar surface area (TPSA) is 41.1 Å². The molecule has 0 heterocycles. The van der Waals surface area contributed by atoms with Crippen molar-refractivity contribution in [3.8, 4) is 0 Å². The molecule has 0 spiro atoms. The Morgan fingerprint density at radius 1 is 1.10 bits per heavy atom. The van der Waals surface area contributed by atoms with E-state index in [0.717, 1.165) is 16.9 Å². The normalized spacial score (nSPS) is 9.85. The molecule has 2 aromatic carbocycles. The minimum Gasteiger partial charge on any atom is -0.386 e.